The molecule has 1 atom stereocenters. The molecule has 0 bridgehead atoms. The number of aromatic nitrogens is 1. The van der Waals surface area contributed by atoms with Crippen LogP contribution in [0.25, 0.3) is 17.0 Å². The van der Waals surface area contributed by atoms with Gasteiger partial charge in [0.2, 0.25) is 0 Å². The van der Waals surface area contributed by atoms with E-state index < -0.39 is 6.10 Å². The molecule has 1 fully saturated rings. The van der Waals surface area contributed by atoms with Gasteiger partial charge in [-0.05, 0) is 42.5 Å². The molecule has 1 N–H and O–H groups in total. The molecule has 0 saturated carbocycles. The van der Waals surface area contributed by atoms with Gasteiger partial charge in [-0.15, -0.1) is 0 Å². The van der Waals surface area contributed by atoms with Gasteiger partial charge in [-0.3, -0.25) is 9.69 Å². The van der Waals surface area contributed by atoms with E-state index in [1.165, 1.54) is 0 Å². The lowest BCUT2D eigenvalue weighted by atomic mass is 10.1. The Bertz CT molecular complexity index is 1050. The van der Waals surface area contributed by atoms with Crippen LogP contribution in [0.3, 0.4) is 0 Å². The van der Waals surface area contributed by atoms with E-state index in [0.717, 1.165) is 48.5 Å². The number of carbonyl (C=O) groups is 1. The molecule has 6 nitrogen and oxygen atoms in total. The van der Waals surface area contributed by atoms with Crippen LogP contribution in [0.4, 0.5) is 0 Å². The summed E-state index contributed by atoms with van der Waals surface area (Å²) in [4.78, 5) is 14.8. The van der Waals surface area contributed by atoms with Crippen molar-refractivity contribution in [2.24, 2.45) is 0 Å². The van der Waals surface area contributed by atoms with Gasteiger partial charge in [-0.1, -0.05) is 18.2 Å². The maximum atomic E-state index is 12.6. The van der Waals surface area contributed by atoms with Crippen molar-refractivity contribution in [2.45, 2.75) is 12.6 Å². The van der Waals surface area contributed by atoms with Crippen molar-refractivity contribution in [1.82, 2.24) is 9.47 Å². The van der Waals surface area contributed by atoms with Crippen molar-refractivity contribution in [3.05, 3.63) is 71.9 Å². The van der Waals surface area contributed by atoms with E-state index in [-0.39, 0.29) is 5.78 Å². The first-order valence-electron chi connectivity index (χ1n) is 10.6. The summed E-state index contributed by atoms with van der Waals surface area (Å²) in [6.07, 6.45) is 4.97. The van der Waals surface area contributed by atoms with E-state index in [0.29, 0.717) is 18.7 Å². The zero-order chi connectivity index (χ0) is 21.6. The Hall–Kier alpha value is -2.93. The molecule has 2 aromatic carbocycles. The minimum Gasteiger partial charge on any atom is -0.497 e. The summed E-state index contributed by atoms with van der Waals surface area (Å²) in [7, 11) is 1.60. The van der Waals surface area contributed by atoms with Crippen LogP contribution in [0, 0.1) is 0 Å². The van der Waals surface area contributed by atoms with Crippen molar-refractivity contribution >= 4 is 22.8 Å². The second-order valence-electron chi connectivity index (χ2n) is 7.75. The molecule has 3 aromatic rings. The number of β-amino-alcohol motifs (C(OH)–C–C–N with tert-alkyl or cyclic N) is 1. The van der Waals surface area contributed by atoms with Gasteiger partial charge in [0.05, 0.1) is 26.4 Å². The highest BCUT2D eigenvalue weighted by atomic mass is 16.5. The highest BCUT2D eigenvalue weighted by Crippen LogP contribution is 2.23. The number of para-hydroxylation sites is 1. The highest BCUT2D eigenvalue weighted by molar-refractivity contribution is 6.07. The van der Waals surface area contributed by atoms with Gasteiger partial charge < -0.3 is 19.1 Å². The van der Waals surface area contributed by atoms with E-state index in [9.17, 15) is 9.90 Å². The summed E-state index contributed by atoms with van der Waals surface area (Å²) in [5, 5.41) is 11.7. The van der Waals surface area contributed by atoms with Gasteiger partial charge in [0.25, 0.3) is 0 Å². The molecule has 0 amide bonds. The molecule has 0 aliphatic carbocycles. The molecule has 162 valence electrons. The van der Waals surface area contributed by atoms with Gasteiger partial charge in [0.1, 0.15) is 5.75 Å². The Kier molecular flexibility index (Phi) is 6.82. The van der Waals surface area contributed by atoms with Crippen molar-refractivity contribution in [3.8, 4) is 5.75 Å². The Morgan fingerprint density at radius 1 is 1.13 bits per heavy atom. The molecule has 1 saturated heterocycles. The van der Waals surface area contributed by atoms with Crippen LogP contribution in [0.2, 0.25) is 0 Å². The van der Waals surface area contributed by atoms with Crippen LogP contribution in [-0.2, 0) is 11.3 Å². The topological polar surface area (TPSA) is 63.9 Å². The third-order valence-electron chi connectivity index (χ3n) is 5.59. The summed E-state index contributed by atoms with van der Waals surface area (Å²) >= 11 is 0. The Morgan fingerprint density at radius 3 is 2.61 bits per heavy atom. The number of ketones is 1. The number of hydrogen-bond acceptors (Lipinski definition) is 5. The third-order valence-corrected chi connectivity index (χ3v) is 5.59. The van der Waals surface area contributed by atoms with Crippen LogP contribution in [0.1, 0.15) is 15.9 Å². The molecule has 0 radical (unpaired) electrons. The Morgan fingerprint density at radius 2 is 1.87 bits per heavy atom. The minimum atomic E-state index is -0.480. The molecule has 0 spiro atoms. The third kappa shape index (κ3) is 5.22. The predicted octanol–water partition coefficient (Wildman–Crippen LogP) is 3.24. The maximum Gasteiger partial charge on any atom is 0.185 e. The first-order chi connectivity index (χ1) is 15.1. The largest absolute Gasteiger partial charge is 0.497 e. The fraction of sp³-hybridized carbons (Fsp3) is 0.320. The number of hydrogen-bond donors (Lipinski definition) is 1. The Balaban J connectivity index is 1.50. The lowest BCUT2D eigenvalue weighted by Crippen LogP contribution is -2.41. The monoisotopic (exact) mass is 420 g/mol. The molecule has 1 aliphatic rings. The van der Waals surface area contributed by atoms with Crippen molar-refractivity contribution < 1.29 is 19.4 Å². The number of nitrogens with zero attached hydrogens (tertiary/aromatic N) is 2. The van der Waals surface area contributed by atoms with E-state index in [4.69, 9.17) is 9.47 Å². The second kappa shape index (κ2) is 9.92. The molecular formula is C25H28N2O4. The zero-order valence-corrected chi connectivity index (χ0v) is 17.7. The van der Waals surface area contributed by atoms with Crippen molar-refractivity contribution in [1.29, 1.82) is 0 Å². The van der Waals surface area contributed by atoms with Gasteiger partial charge in [0, 0.05) is 54.4 Å². The fourth-order valence-electron chi connectivity index (χ4n) is 3.94. The molecule has 0 unspecified atom stereocenters. The van der Waals surface area contributed by atoms with Gasteiger partial charge in [-0.25, -0.2) is 0 Å². The van der Waals surface area contributed by atoms with Gasteiger partial charge >= 0.3 is 0 Å². The fourth-order valence-corrected chi connectivity index (χ4v) is 3.94. The molecule has 2 heterocycles. The molecule has 4 rings (SSSR count). The van der Waals surface area contributed by atoms with E-state index in [1.807, 2.05) is 36.5 Å². The number of fused-ring (bicyclic) bond motifs is 1. The molecule has 1 aromatic heterocycles. The number of ether oxygens (including phenoxy) is 2. The first kappa shape index (κ1) is 21.3. The van der Waals surface area contributed by atoms with Gasteiger partial charge in [-0.2, -0.15) is 0 Å². The second-order valence-corrected chi connectivity index (χ2v) is 7.75. The van der Waals surface area contributed by atoms with Crippen LogP contribution < -0.4 is 4.74 Å². The summed E-state index contributed by atoms with van der Waals surface area (Å²) in [6, 6.07) is 15.1. The lowest BCUT2D eigenvalue weighted by Gasteiger charge is -2.28. The number of benzene rings is 2. The van der Waals surface area contributed by atoms with Crippen molar-refractivity contribution in [3.63, 3.8) is 0 Å². The number of aliphatic hydroxyl groups is 1. The number of morpholine rings is 1. The van der Waals surface area contributed by atoms with Crippen molar-refractivity contribution in [2.75, 3.05) is 40.0 Å². The number of rotatable bonds is 8. The molecule has 1 aliphatic heterocycles. The summed E-state index contributed by atoms with van der Waals surface area (Å²) < 4.78 is 12.6. The minimum absolute atomic E-state index is 0.0631. The average Bonchev–Trinajstić information content (AvgIpc) is 3.15. The SMILES string of the molecule is COc1ccc(C(=O)/C=C\c2cn(C[C@@H](O)CN3CCOCC3)c3ccccc23)cc1. The average molecular weight is 421 g/mol. The van der Waals surface area contributed by atoms with E-state index in [2.05, 4.69) is 9.47 Å². The molecule has 31 heavy (non-hydrogen) atoms. The highest BCUT2D eigenvalue weighted by Gasteiger charge is 2.16. The van der Waals surface area contributed by atoms with Crippen LogP contribution >= 0.6 is 0 Å². The number of allylic oxidation sites excluding steroid dienone is 1. The van der Waals surface area contributed by atoms with Crippen LogP contribution in [0.5, 0.6) is 5.75 Å². The molecular weight excluding hydrogens is 392 g/mol. The quantitative estimate of drug-likeness (QED) is 0.448. The molecule has 6 heteroatoms. The Labute approximate surface area is 182 Å². The van der Waals surface area contributed by atoms with Crippen LogP contribution in [-0.4, -0.2) is 66.4 Å². The number of methoxy groups -OCH3 is 1. The predicted molar refractivity (Wildman–Crippen MR) is 122 cm³/mol. The zero-order valence-electron chi connectivity index (χ0n) is 17.7. The number of carbonyl (C=O) groups excluding carboxylic acids is 1. The summed E-state index contributed by atoms with van der Waals surface area (Å²) in [5.74, 6) is 0.658. The number of aliphatic hydroxyl groups excluding tert-OH is 1. The smallest absolute Gasteiger partial charge is 0.185 e. The summed E-state index contributed by atoms with van der Waals surface area (Å²) in [5.41, 5.74) is 2.61. The standard InChI is InChI=1S/C25H28N2O4/c1-30-22-9-6-19(7-10-22)25(29)11-8-20-16-27(24-5-3-2-4-23(20)24)18-21(28)17-26-12-14-31-15-13-26/h2-11,16,21,28H,12-15,17-18H2,1H3/b11-8-/t21-/m0/s1. The first-order valence-corrected chi connectivity index (χ1v) is 10.6. The van der Waals surface area contributed by atoms with Gasteiger partial charge in [0.15, 0.2) is 5.78 Å². The van der Waals surface area contributed by atoms with E-state index >= 15 is 0 Å². The van der Waals surface area contributed by atoms with Crippen LogP contribution in [0.15, 0.2) is 60.8 Å². The normalized spacial score (nSPS) is 16.1. The maximum absolute atomic E-state index is 12.6. The lowest BCUT2D eigenvalue weighted by molar-refractivity contribution is 0.0117. The summed E-state index contributed by atoms with van der Waals surface area (Å²) in [6.45, 7) is 4.26. The van der Waals surface area contributed by atoms with E-state index in [1.54, 1.807) is 37.5 Å².